The lowest BCUT2D eigenvalue weighted by Gasteiger charge is -2.09. The summed E-state index contributed by atoms with van der Waals surface area (Å²) in [6, 6.07) is 1.81. The number of thiophene rings is 1. The van der Waals surface area contributed by atoms with Gasteiger partial charge in [-0.1, -0.05) is 0 Å². The van der Waals surface area contributed by atoms with Gasteiger partial charge in [0.05, 0.1) is 32.0 Å². The van der Waals surface area contributed by atoms with Crippen LogP contribution in [0.5, 0.6) is 0 Å². The minimum absolute atomic E-state index is 0.258. The third-order valence-corrected chi connectivity index (χ3v) is 4.57. The zero-order chi connectivity index (χ0) is 17.7. The second kappa shape index (κ2) is 7.88. The Morgan fingerprint density at radius 2 is 2.04 bits per heavy atom. The fraction of sp³-hybridized carbons (Fsp3) is 0.286. The average molecular weight is 368 g/mol. The van der Waals surface area contributed by atoms with Gasteiger partial charge in [0.15, 0.2) is 5.11 Å². The van der Waals surface area contributed by atoms with E-state index in [9.17, 15) is 9.59 Å². The summed E-state index contributed by atoms with van der Waals surface area (Å²) < 4.78 is 9.52. The monoisotopic (exact) mass is 368 g/mol. The molecule has 24 heavy (non-hydrogen) atoms. The first-order valence-electron chi connectivity index (χ1n) is 6.81. The van der Waals surface area contributed by atoms with E-state index in [4.69, 9.17) is 21.7 Å². The summed E-state index contributed by atoms with van der Waals surface area (Å²) in [5.41, 5.74) is 1.59. The molecule has 0 bridgehead atoms. The van der Waals surface area contributed by atoms with Crippen molar-refractivity contribution in [1.29, 1.82) is 0 Å². The van der Waals surface area contributed by atoms with Gasteiger partial charge in [-0.15, -0.1) is 11.3 Å². The first-order valence-corrected chi connectivity index (χ1v) is 8.03. The molecular weight excluding hydrogens is 352 g/mol. The van der Waals surface area contributed by atoms with Gasteiger partial charge < -0.3 is 20.1 Å². The molecule has 0 unspecified atom stereocenters. The Labute approximate surface area is 147 Å². The van der Waals surface area contributed by atoms with Gasteiger partial charge in [-0.25, -0.2) is 9.59 Å². The molecule has 2 rings (SSSR count). The third-order valence-electron chi connectivity index (χ3n) is 3.13. The standard InChI is InChI=1S/C14H16N4O4S2/c1-7-9(12(19)21-2)11(24-10(7)13(20)22-3)17-14(23)15-6-8-4-5-16-18-8/h4-5H,6H2,1-3H3,(H,16,18)(H2,15,17,23). The zero-order valence-corrected chi connectivity index (χ0v) is 14.9. The van der Waals surface area contributed by atoms with Gasteiger partial charge in [0, 0.05) is 6.20 Å². The number of hydrogen-bond donors (Lipinski definition) is 3. The van der Waals surface area contributed by atoms with Crippen molar-refractivity contribution in [3.8, 4) is 0 Å². The number of carbonyl (C=O) groups excluding carboxylic acids is 2. The van der Waals surface area contributed by atoms with Crippen molar-refractivity contribution in [2.24, 2.45) is 0 Å². The Morgan fingerprint density at radius 1 is 1.33 bits per heavy atom. The van der Waals surface area contributed by atoms with E-state index < -0.39 is 11.9 Å². The average Bonchev–Trinajstić information content (AvgIpc) is 3.20. The lowest BCUT2D eigenvalue weighted by Crippen LogP contribution is -2.28. The van der Waals surface area contributed by atoms with E-state index in [1.54, 1.807) is 19.2 Å². The summed E-state index contributed by atoms with van der Waals surface area (Å²) >= 11 is 6.30. The smallest absolute Gasteiger partial charge is 0.348 e. The van der Waals surface area contributed by atoms with Crippen molar-refractivity contribution >= 4 is 45.6 Å². The number of methoxy groups -OCH3 is 2. The number of ether oxygens (including phenoxy) is 2. The third kappa shape index (κ3) is 3.89. The summed E-state index contributed by atoms with van der Waals surface area (Å²) in [5, 5.41) is 13.3. The molecule has 2 aromatic rings. The molecule has 0 radical (unpaired) electrons. The minimum atomic E-state index is -0.558. The molecule has 128 valence electrons. The van der Waals surface area contributed by atoms with Crippen LogP contribution in [0.25, 0.3) is 0 Å². The van der Waals surface area contributed by atoms with Gasteiger partial charge in [0.2, 0.25) is 0 Å². The van der Waals surface area contributed by atoms with Crippen LogP contribution in [-0.4, -0.2) is 41.5 Å². The van der Waals surface area contributed by atoms with Crippen LogP contribution < -0.4 is 10.6 Å². The predicted molar refractivity (Wildman–Crippen MR) is 93.4 cm³/mol. The molecule has 10 heteroatoms. The quantitative estimate of drug-likeness (QED) is 0.542. The molecule has 0 aromatic carbocycles. The molecule has 0 aliphatic heterocycles. The van der Waals surface area contributed by atoms with Crippen LogP contribution in [0.3, 0.4) is 0 Å². The van der Waals surface area contributed by atoms with Crippen molar-refractivity contribution in [1.82, 2.24) is 15.5 Å². The molecular formula is C14H16N4O4S2. The maximum Gasteiger partial charge on any atom is 0.348 e. The van der Waals surface area contributed by atoms with E-state index in [2.05, 4.69) is 20.8 Å². The minimum Gasteiger partial charge on any atom is -0.465 e. The highest BCUT2D eigenvalue weighted by atomic mass is 32.1. The van der Waals surface area contributed by atoms with Crippen molar-refractivity contribution < 1.29 is 19.1 Å². The maximum atomic E-state index is 12.0. The zero-order valence-electron chi connectivity index (χ0n) is 13.3. The number of H-pyrrole nitrogens is 1. The molecule has 0 amide bonds. The van der Waals surface area contributed by atoms with Crippen molar-refractivity contribution in [3.63, 3.8) is 0 Å². The number of aromatic nitrogens is 2. The van der Waals surface area contributed by atoms with Crippen molar-refractivity contribution in [3.05, 3.63) is 34.0 Å². The summed E-state index contributed by atoms with van der Waals surface area (Å²) in [4.78, 5) is 24.2. The second-order valence-corrected chi connectivity index (χ2v) is 6.06. The first kappa shape index (κ1) is 17.9. The molecule has 0 aliphatic rings. The highest BCUT2D eigenvalue weighted by Crippen LogP contribution is 2.34. The topological polar surface area (TPSA) is 105 Å². The largest absolute Gasteiger partial charge is 0.465 e. The SMILES string of the molecule is COC(=O)c1sc(NC(=S)NCc2ccn[nH]2)c(C(=O)OC)c1C. The Bertz CT molecular complexity index is 755. The van der Waals surface area contributed by atoms with Gasteiger partial charge in [-0.2, -0.15) is 5.10 Å². The van der Waals surface area contributed by atoms with E-state index in [1.165, 1.54) is 14.2 Å². The van der Waals surface area contributed by atoms with Crippen molar-refractivity contribution in [2.45, 2.75) is 13.5 Å². The molecule has 0 saturated heterocycles. The molecule has 8 nitrogen and oxygen atoms in total. The molecule has 0 aliphatic carbocycles. The Hall–Kier alpha value is -2.46. The van der Waals surface area contributed by atoms with Crippen LogP contribution >= 0.6 is 23.6 Å². The number of nitrogens with zero attached hydrogens (tertiary/aromatic N) is 1. The first-order chi connectivity index (χ1) is 11.5. The van der Waals surface area contributed by atoms with Crippen LogP contribution in [0, 0.1) is 6.92 Å². The van der Waals surface area contributed by atoms with Gasteiger partial charge >= 0.3 is 11.9 Å². The summed E-state index contributed by atoms with van der Waals surface area (Å²) in [6.45, 7) is 2.09. The molecule has 0 saturated carbocycles. The van der Waals surface area contributed by atoms with Crippen LogP contribution in [0.1, 0.15) is 31.3 Å². The second-order valence-electron chi connectivity index (χ2n) is 4.63. The highest BCUT2D eigenvalue weighted by Gasteiger charge is 2.26. The lowest BCUT2D eigenvalue weighted by molar-refractivity contribution is 0.0601. The number of aromatic amines is 1. The normalized spacial score (nSPS) is 10.1. The molecule has 3 N–H and O–H groups in total. The summed E-state index contributed by atoms with van der Waals surface area (Å²) in [5.74, 6) is -1.08. The van der Waals surface area contributed by atoms with E-state index in [0.717, 1.165) is 17.0 Å². The van der Waals surface area contributed by atoms with Gasteiger partial charge in [0.1, 0.15) is 9.88 Å². The van der Waals surface area contributed by atoms with Gasteiger partial charge in [-0.05, 0) is 30.8 Å². The van der Waals surface area contributed by atoms with E-state index in [-0.39, 0.29) is 5.56 Å². The molecule has 0 atom stereocenters. The van der Waals surface area contributed by atoms with Crippen LogP contribution in [0.15, 0.2) is 12.3 Å². The summed E-state index contributed by atoms with van der Waals surface area (Å²) in [6.07, 6.45) is 1.63. The Balaban J connectivity index is 2.19. The molecule has 0 fully saturated rings. The van der Waals surface area contributed by atoms with E-state index >= 15 is 0 Å². The Morgan fingerprint density at radius 3 is 2.62 bits per heavy atom. The van der Waals surface area contributed by atoms with Crippen LogP contribution in [0.2, 0.25) is 0 Å². The van der Waals surface area contributed by atoms with E-state index in [1.807, 2.05) is 0 Å². The number of hydrogen-bond acceptors (Lipinski definition) is 7. The molecule has 2 heterocycles. The summed E-state index contributed by atoms with van der Waals surface area (Å²) in [7, 11) is 2.55. The highest BCUT2D eigenvalue weighted by molar-refractivity contribution is 7.80. The molecule has 2 aromatic heterocycles. The lowest BCUT2D eigenvalue weighted by atomic mass is 10.1. The fourth-order valence-corrected chi connectivity index (χ4v) is 3.30. The number of esters is 2. The maximum absolute atomic E-state index is 12.0. The van der Waals surface area contributed by atoms with Crippen LogP contribution in [0.4, 0.5) is 5.00 Å². The van der Waals surface area contributed by atoms with Gasteiger partial charge in [0.25, 0.3) is 0 Å². The number of anilines is 1. The fourth-order valence-electron chi connectivity index (χ4n) is 1.94. The molecule has 0 spiro atoms. The number of thiocarbonyl (C=S) groups is 1. The van der Waals surface area contributed by atoms with Crippen LogP contribution in [-0.2, 0) is 16.0 Å². The number of nitrogens with one attached hydrogen (secondary N) is 3. The van der Waals surface area contributed by atoms with Gasteiger partial charge in [-0.3, -0.25) is 5.10 Å². The van der Waals surface area contributed by atoms with Crippen molar-refractivity contribution in [2.75, 3.05) is 19.5 Å². The number of carbonyl (C=O) groups is 2. The Kier molecular flexibility index (Phi) is 5.88. The van der Waals surface area contributed by atoms with E-state index in [0.29, 0.717) is 27.1 Å². The number of rotatable bonds is 5. The predicted octanol–water partition coefficient (Wildman–Crippen LogP) is 1.84.